The van der Waals surface area contributed by atoms with Gasteiger partial charge in [0.1, 0.15) is 5.82 Å². The van der Waals surface area contributed by atoms with E-state index in [2.05, 4.69) is 4.90 Å². The molecule has 1 saturated carbocycles. The van der Waals surface area contributed by atoms with Gasteiger partial charge in [0.05, 0.1) is 11.6 Å². The molecule has 1 atom stereocenters. The molecule has 8 heteroatoms. The van der Waals surface area contributed by atoms with E-state index in [1.54, 1.807) is 28.9 Å². The van der Waals surface area contributed by atoms with Crippen LogP contribution >= 0.6 is 0 Å². The Morgan fingerprint density at radius 1 is 0.844 bits per heavy atom. The van der Waals surface area contributed by atoms with E-state index in [0.717, 1.165) is 25.7 Å². The number of halogens is 1. The van der Waals surface area contributed by atoms with Crippen LogP contribution in [0.5, 0.6) is 0 Å². The van der Waals surface area contributed by atoms with Crippen LogP contribution in [0.25, 0.3) is 0 Å². The first-order valence-corrected chi connectivity index (χ1v) is 11.8. The van der Waals surface area contributed by atoms with Crippen LogP contribution in [-0.2, 0) is 9.59 Å². The molecule has 3 aliphatic rings. The van der Waals surface area contributed by atoms with Crippen molar-refractivity contribution in [1.29, 1.82) is 0 Å². The third kappa shape index (κ3) is 4.80. The van der Waals surface area contributed by atoms with Gasteiger partial charge in [-0.05, 0) is 30.9 Å². The second-order valence-electron chi connectivity index (χ2n) is 9.13. The lowest BCUT2D eigenvalue weighted by atomic mass is 9.94. The van der Waals surface area contributed by atoms with Crippen LogP contribution in [0, 0.1) is 11.7 Å². The smallest absolute Gasteiger partial charge is 0.256 e. The molecular weight excluding hydrogens is 411 g/mol. The standard InChI is InChI=1S/C24H33FN4O3/c1-18(30)26-10-14-29(15-11-26)24(32)22(19-6-2-3-7-19)27-12-16-28(17-13-27)23(31)20-8-4-5-9-21(20)25/h4-5,8-9,19,22H,2-3,6-7,10-17H2,1H3/t22-/m1/s1. The molecule has 0 spiro atoms. The lowest BCUT2D eigenvalue weighted by molar-refractivity contribution is -0.144. The van der Waals surface area contributed by atoms with Gasteiger partial charge in [0.15, 0.2) is 0 Å². The van der Waals surface area contributed by atoms with E-state index in [9.17, 15) is 18.8 Å². The van der Waals surface area contributed by atoms with E-state index in [4.69, 9.17) is 0 Å². The lowest BCUT2D eigenvalue weighted by Crippen LogP contribution is -2.60. The van der Waals surface area contributed by atoms with Crippen molar-refractivity contribution in [3.8, 4) is 0 Å². The number of carbonyl (C=O) groups is 3. The van der Waals surface area contributed by atoms with E-state index in [0.29, 0.717) is 58.3 Å². The number of piperazine rings is 2. The number of benzene rings is 1. The zero-order valence-electron chi connectivity index (χ0n) is 18.8. The normalized spacial score (nSPS) is 21.6. The first-order valence-electron chi connectivity index (χ1n) is 11.8. The molecule has 2 heterocycles. The molecule has 0 bridgehead atoms. The molecule has 3 amide bonds. The highest BCUT2D eigenvalue weighted by Crippen LogP contribution is 2.32. The van der Waals surface area contributed by atoms with Crippen molar-refractivity contribution in [1.82, 2.24) is 19.6 Å². The van der Waals surface area contributed by atoms with Crippen molar-refractivity contribution in [3.05, 3.63) is 35.6 Å². The van der Waals surface area contributed by atoms with Crippen LogP contribution < -0.4 is 0 Å². The number of nitrogens with zero attached hydrogens (tertiary/aromatic N) is 4. The summed E-state index contributed by atoms with van der Waals surface area (Å²) in [6, 6.07) is 5.91. The third-order valence-electron chi connectivity index (χ3n) is 7.24. The quantitative estimate of drug-likeness (QED) is 0.711. The van der Waals surface area contributed by atoms with Crippen LogP contribution in [0.2, 0.25) is 0 Å². The van der Waals surface area contributed by atoms with Gasteiger partial charge >= 0.3 is 0 Å². The Labute approximate surface area is 189 Å². The maximum atomic E-state index is 14.1. The second-order valence-corrected chi connectivity index (χ2v) is 9.13. The van der Waals surface area contributed by atoms with Crippen molar-refractivity contribution in [3.63, 3.8) is 0 Å². The van der Waals surface area contributed by atoms with Crippen molar-refractivity contribution in [2.75, 3.05) is 52.4 Å². The van der Waals surface area contributed by atoms with Crippen LogP contribution in [0.15, 0.2) is 24.3 Å². The fraction of sp³-hybridized carbons (Fsp3) is 0.625. The Morgan fingerprint density at radius 3 is 2.00 bits per heavy atom. The molecule has 7 nitrogen and oxygen atoms in total. The molecule has 2 aliphatic heterocycles. The first-order chi connectivity index (χ1) is 15.5. The minimum Gasteiger partial charge on any atom is -0.339 e. The molecule has 1 aliphatic carbocycles. The molecule has 0 aromatic heterocycles. The molecule has 1 aromatic carbocycles. The van der Waals surface area contributed by atoms with Gasteiger partial charge in [-0.3, -0.25) is 19.3 Å². The zero-order valence-corrected chi connectivity index (χ0v) is 18.8. The van der Waals surface area contributed by atoms with Gasteiger partial charge in [0.2, 0.25) is 11.8 Å². The molecule has 174 valence electrons. The lowest BCUT2D eigenvalue weighted by Gasteiger charge is -2.44. The molecule has 4 rings (SSSR count). The largest absolute Gasteiger partial charge is 0.339 e. The molecule has 2 saturated heterocycles. The van der Waals surface area contributed by atoms with E-state index >= 15 is 0 Å². The average molecular weight is 445 g/mol. The van der Waals surface area contributed by atoms with E-state index in [1.165, 1.54) is 12.1 Å². The summed E-state index contributed by atoms with van der Waals surface area (Å²) >= 11 is 0. The second kappa shape index (κ2) is 9.98. The highest BCUT2D eigenvalue weighted by atomic mass is 19.1. The summed E-state index contributed by atoms with van der Waals surface area (Å²) in [5.41, 5.74) is 0.104. The number of amides is 3. The molecule has 3 fully saturated rings. The minimum absolute atomic E-state index is 0.0556. The van der Waals surface area contributed by atoms with Crippen LogP contribution in [0.3, 0.4) is 0 Å². The average Bonchev–Trinajstić information content (AvgIpc) is 3.34. The Kier molecular flexibility index (Phi) is 7.08. The minimum atomic E-state index is -0.497. The van der Waals surface area contributed by atoms with Crippen LogP contribution in [0.4, 0.5) is 4.39 Å². The van der Waals surface area contributed by atoms with E-state index in [1.807, 2.05) is 4.90 Å². The number of hydrogen-bond donors (Lipinski definition) is 0. The molecular formula is C24H33FN4O3. The van der Waals surface area contributed by atoms with Gasteiger partial charge in [-0.15, -0.1) is 0 Å². The number of hydrogen-bond acceptors (Lipinski definition) is 4. The molecule has 0 unspecified atom stereocenters. The Hall–Kier alpha value is -2.48. The summed E-state index contributed by atoms with van der Waals surface area (Å²) in [5, 5.41) is 0. The summed E-state index contributed by atoms with van der Waals surface area (Å²) in [6.45, 7) is 6.10. The Morgan fingerprint density at radius 2 is 1.41 bits per heavy atom. The predicted molar refractivity (Wildman–Crippen MR) is 118 cm³/mol. The van der Waals surface area contributed by atoms with Crippen molar-refractivity contribution in [2.45, 2.75) is 38.6 Å². The highest BCUT2D eigenvalue weighted by Gasteiger charge is 2.40. The number of carbonyl (C=O) groups excluding carboxylic acids is 3. The maximum absolute atomic E-state index is 14.1. The fourth-order valence-electron chi connectivity index (χ4n) is 5.37. The van der Waals surface area contributed by atoms with Gasteiger partial charge in [0.25, 0.3) is 5.91 Å². The molecule has 1 aromatic rings. The number of rotatable bonds is 4. The van der Waals surface area contributed by atoms with Crippen molar-refractivity contribution >= 4 is 17.7 Å². The Bertz CT molecular complexity index is 841. The Balaban J connectivity index is 1.41. The molecule has 0 N–H and O–H groups in total. The van der Waals surface area contributed by atoms with Crippen molar-refractivity contribution in [2.24, 2.45) is 5.92 Å². The summed E-state index contributed by atoms with van der Waals surface area (Å²) in [4.78, 5) is 45.6. The monoisotopic (exact) mass is 444 g/mol. The van der Waals surface area contributed by atoms with E-state index in [-0.39, 0.29) is 29.3 Å². The van der Waals surface area contributed by atoms with Gasteiger partial charge in [0, 0.05) is 59.3 Å². The SMILES string of the molecule is CC(=O)N1CCN(C(=O)[C@@H](C2CCCC2)N2CCN(C(=O)c3ccccc3F)CC2)CC1. The summed E-state index contributed by atoms with van der Waals surface area (Å²) in [7, 11) is 0. The fourth-order valence-corrected chi connectivity index (χ4v) is 5.37. The predicted octanol–water partition coefficient (Wildman–Crippen LogP) is 1.83. The zero-order chi connectivity index (χ0) is 22.7. The summed E-state index contributed by atoms with van der Waals surface area (Å²) < 4.78 is 14.1. The summed E-state index contributed by atoms with van der Waals surface area (Å²) in [6.07, 6.45) is 4.41. The maximum Gasteiger partial charge on any atom is 0.256 e. The van der Waals surface area contributed by atoms with Gasteiger partial charge in [-0.1, -0.05) is 25.0 Å². The van der Waals surface area contributed by atoms with Gasteiger partial charge in [-0.2, -0.15) is 0 Å². The van der Waals surface area contributed by atoms with Crippen LogP contribution in [0.1, 0.15) is 43.0 Å². The highest BCUT2D eigenvalue weighted by molar-refractivity contribution is 5.94. The van der Waals surface area contributed by atoms with Gasteiger partial charge < -0.3 is 14.7 Å². The van der Waals surface area contributed by atoms with Crippen molar-refractivity contribution < 1.29 is 18.8 Å². The van der Waals surface area contributed by atoms with E-state index < -0.39 is 5.82 Å². The molecule has 32 heavy (non-hydrogen) atoms. The third-order valence-corrected chi connectivity index (χ3v) is 7.24. The van der Waals surface area contributed by atoms with Crippen LogP contribution in [-0.4, -0.2) is 95.7 Å². The topological polar surface area (TPSA) is 64.2 Å². The van der Waals surface area contributed by atoms with Gasteiger partial charge in [-0.25, -0.2) is 4.39 Å². The molecule has 0 radical (unpaired) electrons. The summed E-state index contributed by atoms with van der Waals surface area (Å²) in [5.74, 6) is -0.230. The first kappa shape index (κ1) is 22.7.